The van der Waals surface area contributed by atoms with Crippen molar-refractivity contribution in [2.24, 2.45) is 0 Å². The van der Waals surface area contributed by atoms with Crippen molar-refractivity contribution in [3.63, 3.8) is 0 Å². The Bertz CT molecular complexity index is 1060. The number of carbonyl (C=O) groups is 1. The van der Waals surface area contributed by atoms with Crippen LogP contribution in [0, 0.1) is 6.92 Å². The fraction of sp³-hybridized carbons (Fsp3) is 0.0952. The van der Waals surface area contributed by atoms with Gasteiger partial charge in [0.2, 0.25) is 5.78 Å². The lowest BCUT2D eigenvalue weighted by molar-refractivity contribution is 0.101. The molecule has 0 unspecified atom stereocenters. The molecule has 0 saturated heterocycles. The highest BCUT2D eigenvalue weighted by Gasteiger charge is 2.30. The standard InChI is InChI=1S/C21H14Cl2O3S/c1-12-7-15(25-11-13-4-5-14(22)8-17(13)23)9-18-20(12)21(24)19(26-18)10-16-3-2-6-27-16/h2-10H,11H2,1H3/b19-10-. The van der Waals surface area contributed by atoms with Gasteiger partial charge in [0.1, 0.15) is 18.1 Å². The molecule has 0 spiro atoms. The third-order valence-corrected chi connectivity index (χ3v) is 5.58. The first kappa shape index (κ1) is 18.1. The molecule has 0 radical (unpaired) electrons. The monoisotopic (exact) mass is 416 g/mol. The molecule has 2 aromatic carbocycles. The number of ether oxygens (including phenoxy) is 2. The number of Topliss-reactive ketones (excluding diaryl/α,β-unsaturated/α-hetero) is 1. The maximum atomic E-state index is 12.7. The number of aryl methyl sites for hydroxylation is 1. The predicted octanol–water partition coefficient (Wildman–Crippen LogP) is 6.56. The molecule has 27 heavy (non-hydrogen) atoms. The van der Waals surface area contributed by atoms with Gasteiger partial charge in [-0.1, -0.05) is 35.3 Å². The molecule has 136 valence electrons. The first-order valence-corrected chi connectivity index (χ1v) is 9.84. The molecule has 0 atom stereocenters. The van der Waals surface area contributed by atoms with Crippen LogP contribution < -0.4 is 9.47 Å². The summed E-state index contributed by atoms with van der Waals surface area (Å²) in [5.74, 6) is 1.35. The Labute approximate surface area is 170 Å². The first-order valence-electron chi connectivity index (χ1n) is 8.20. The van der Waals surface area contributed by atoms with E-state index in [1.807, 2.05) is 36.6 Å². The van der Waals surface area contributed by atoms with Crippen LogP contribution in [-0.4, -0.2) is 5.78 Å². The number of carbonyl (C=O) groups excluding carboxylic acids is 1. The summed E-state index contributed by atoms with van der Waals surface area (Å²) in [6.45, 7) is 2.16. The average molecular weight is 417 g/mol. The van der Waals surface area contributed by atoms with E-state index in [1.165, 1.54) is 0 Å². The lowest BCUT2D eigenvalue weighted by atomic mass is 10.0. The SMILES string of the molecule is Cc1cc(OCc2ccc(Cl)cc2Cl)cc2c1C(=O)/C(=C/c1cccs1)O2. The van der Waals surface area contributed by atoms with E-state index in [2.05, 4.69) is 0 Å². The lowest BCUT2D eigenvalue weighted by Crippen LogP contribution is -2.00. The number of allylic oxidation sites excluding steroid dienone is 1. The van der Waals surface area contributed by atoms with Crippen LogP contribution in [0.2, 0.25) is 10.0 Å². The highest BCUT2D eigenvalue weighted by atomic mass is 35.5. The van der Waals surface area contributed by atoms with Crippen molar-refractivity contribution >= 4 is 46.4 Å². The van der Waals surface area contributed by atoms with Crippen molar-refractivity contribution < 1.29 is 14.3 Å². The van der Waals surface area contributed by atoms with Crippen molar-refractivity contribution in [2.45, 2.75) is 13.5 Å². The number of hydrogen-bond acceptors (Lipinski definition) is 4. The van der Waals surface area contributed by atoms with Crippen LogP contribution in [0.4, 0.5) is 0 Å². The third-order valence-electron chi connectivity index (χ3n) is 4.17. The minimum Gasteiger partial charge on any atom is -0.489 e. The Kier molecular flexibility index (Phi) is 4.96. The second-order valence-corrected chi connectivity index (χ2v) is 7.92. The normalized spacial score (nSPS) is 14.3. The highest BCUT2D eigenvalue weighted by Crippen LogP contribution is 2.38. The second-order valence-electron chi connectivity index (χ2n) is 6.09. The molecule has 2 heterocycles. The minimum absolute atomic E-state index is 0.108. The maximum absolute atomic E-state index is 12.7. The molecule has 6 heteroatoms. The molecule has 0 saturated carbocycles. The molecule has 4 rings (SSSR count). The summed E-state index contributed by atoms with van der Waals surface area (Å²) in [6, 6.07) is 12.7. The average Bonchev–Trinajstić information content (AvgIpc) is 3.23. The number of benzene rings is 2. The van der Waals surface area contributed by atoms with Gasteiger partial charge in [-0.15, -0.1) is 11.3 Å². The molecule has 3 aromatic rings. The van der Waals surface area contributed by atoms with E-state index >= 15 is 0 Å². The number of fused-ring (bicyclic) bond motifs is 1. The van der Waals surface area contributed by atoms with Gasteiger partial charge in [0.25, 0.3) is 0 Å². The number of ketones is 1. The summed E-state index contributed by atoms with van der Waals surface area (Å²) in [4.78, 5) is 13.6. The van der Waals surface area contributed by atoms with Crippen molar-refractivity contribution in [1.29, 1.82) is 0 Å². The van der Waals surface area contributed by atoms with Crippen molar-refractivity contribution in [2.75, 3.05) is 0 Å². The van der Waals surface area contributed by atoms with Gasteiger partial charge in [-0.25, -0.2) is 0 Å². The summed E-state index contributed by atoms with van der Waals surface area (Å²) >= 11 is 13.7. The van der Waals surface area contributed by atoms with E-state index in [4.69, 9.17) is 32.7 Å². The molecule has 0 bridgehead atoms. The van der Waals surface area contributed by atoms with Gasteiger partial charge < -0.3 is 9.47 Å². The molecule has 1 aliphatic rings. The van der Waals surface area contributed by atoms with E-state index in [-0.39, 0.29) is 5.78 Å². The Morgan fingerprint density at radius 1 is 1.19 bits per heavy atom. The summed E-state index contributed by atoms with van der Waals surface area (Å²) in [5, 5.41) is 3.08. The van der Waals surface area contributed by atoms with Crippen LogP contribution in [0.1, 0.15) is 26.4 Å². The van der Waals surface area contributed by atoms with E-state index in [9.17, 15) is 4.79 Å². The summed E-state index contributed by atoms with van der Waals surface area (Å²) in [7, 11) is 0. The molecule has 1 aromatic heterocycles. The van der Waals surface area contributed by atoms with Crippen LogP contribution in [0.25, 0.3) is 6.08 Å². The van der Waals surface area contributed by atoms with E-state index in [1.54, 1.807) is 35.6 Å². The van der Waals surface area contributed by atoms with Gasteiger partial charge in [0, 0.05) is 32.6 Å². The number of thiophene rings is 1. The minimum atomic E-state index is -0.108. The topological polar surface area (TPSA) is 35.5 Å². The Balaban J connectivity index is 1.57. The summed E-state index contributed by atoms with van der Waals surface area (Å²) < 4.78 is 11.7. The maximum Gasteiger partial charge on any atom is 0.232 e. The third kappa shape index (κ3) is 3.74. The lowest BCUT2D eigenvalue weighted by Gasteiger charge is -2.10. The molecule has 1 aliphatic heterocycles. The van der Waals surface area contributed by atoms with Gasteiger partial charge in [0.05, 0.1) is 5.56 Å². The Morgan fingerprint density at radius 2 is 2.04 bits per heavy atom. The highest BCUT2D eigenvalue weighted by molar-refractivity contribution is 7.10. The molecular formula is C21H14Cl2O3S. The number of halogens is 2. The largest absolute Gasteiger partial charge is 0.489 e. The van der Waals surface area contributed by atoms with Gasteiger partial charge in [-0.2, -0.15) is 0 Å². The summed E-state index contributed by atoms with van der Waals surface area (Å²) in [5.41, 5.74) is 2.22. The predicted molar refractivity (Wildman–Crippen MR) is 109 cm³/mol. The van der Waals surface area contributed by atoms with E-state index in [0.29, 0.717) is 39.5 Å². The van der Waals surface area contributed by atoms with Crippen molar-refractivity contribution in [1.82, 2.24) is 0 Å². The van der Waals surface area contributed by atoms with E-state index < -0.39 is 0 Å². The van der Waals surface area contributed by atoms with Crippen LogP contribution in [0.3, 0.4) is 0 Å². The van der Waals surface area contributed by atoms with Crippen molar-refractivity contribution in [3.05, 3.63) is 85.2 Å². The zero-order chi connectivity index (χ0) is 19.0. The smallest absolute Gasteiger partial charge is 0.232 e. The van der Waals surface area contributed by atoms with Crippen molar-refractivity contribution in [3.8, 4) is 11.5 Å². The van der Waals surface area contributed by atoms with Gasteiger partial charge in [0.15, 0.2) is 5.76 Å². The molecule has 0 aliphatic carbocycles. The molecule has 3 nitrogen and oxygen atoms in total. The Hall–Kier alpha value is -2.27. The first-order chi connectivity index (χ1) is 13.0. The van der Waals surface area contributed by atoms with Crippen LogP contribution in [-0.2, 0) is 6.61 Å². The van der Waals surface area contributed by atoms with Gasteiger partial charge >= 0.3 is 0 Å². The van der Waals surface area contributed by atoms with E-state index in [0.717, 1.165) is 16.0 Å². The summed E-state index contributed by atoms with van der Waals surface area (Å²) in [6.07, 6.45) is 1.76. The quantitative estimate of drug-likeness (QED) is 0.451. The number of hydrogen-bond donors (Lipinski definition) is 0. The molecule has 0 fully saturated rings. The van der Waals surface area contributed by atoms with Gasteiger partial charge in [-0.3, -0.25) is 4.79 Å². The second kappa shape index (κ2) is 7.39. The molecular weight excluding hydrogens is 403 g/mol. The van der Waals surface area contributed by atoms with Gasteiger partial charge in [-0.05, 0) is 42.1 Å². The van der Waals surface area contributed by atoms with Crippen LogP contribution >= 0.6 is 34.5 Å². The van der Waals surface area contributed by atoms with Crippen LogP contribution in [0.15, 0.2) is 53.6 Å². The fourth-order valence-corrected chi connectivity index (χ4v) is 3.97. The van der Waals surface area contributed by atoms with Crippen LogP contribution in [0.5, 0.6) is 11.5 Å². The molecule has 0 amide bonds. The molecule has 0 N–H and O–H groups in total. The fourth-order valence-electron chi connectivity index (χ4n) is 2.86. The zero-order valence-corrected chi connectivity index (χ0v) is 16.6. The number of rotatable bonds is 4. The zero-order valence-electron chi connectivity index (χ0n) is 14.3. The Morgan fingerprint density at radius 3 is 2.78 bits per heavy atom.